The Morgan fingerprint density at radius 2 is 1.72 bits per heavy atom. The number of hydrogen-bond acceptors (Lipinski definition) is 3. The van der Waals surface area contributed by atoms with Gasteiger partial charge < -0.3 is 14.8 Å². The fraction of sp³-hybridized carbons (Fsp3) is 0.429. The smallest absolute Gasteiger partial charge is 0.122 e. The van der Waals surface area contributed by atoms with E-state index in [9.17, 15) is 0 Å². The molecule has 2 aromatic rings. The third kappa shape index (κ3) is 6.69. The molecule has 1 unspecified atom stereocenters. The van der Waals surface area contributed by atoms with Gasteiger partial charge in [0, 0.05) is 13.1 Å². The summed E-state index contributed by atoms with van der Waals surface area (Å²) in [6.45, 7) is 3.21. The van der Waals surface area contributed by atoms with Gasteiger partial charge in [-0.3, -0.25) is 0 Å². The third-order valence-corrected chi connectivity index (χ3v) is 4.41. The number of para-hydroxylation sites is 1. The van der Waals surface area contributed by atoms with Gasteiger partial charge in [0.2, 0.25) is 0 Å². The van der Waals surface area contributed by atoms with Gasteiger partial charge >= 0.3 is 0 Å². The molecule has 4 heteroatoms. The van der Waals surface area contributed by atoms with E-state index >= 15 is 0 Å². The number of unbranched alkanes of at least 4 members (excludes halogenated alkanes) is 1. The van der Waals surface area contributed by atoms with E-state index in [1.807, 2.05) is 6.07 Å². The maximum absolute atomic E-state index is 6.03. The largest absolute Gasteiger partial charge is 0.491 e. The molecule has 0 radical (unpaired) electrons. The zero-order valence-corrected chi connectivity index (χ0v) is 15.5. The second kappa shape index (κ2) is 11.1. The van der Waals surface area contributed by atoms with Gasteiger partial charge in [-0.25, -0.2) is 0 Å². The van der Waals surface area contributed by atoms with Crippen molar-refractivity contribution in [2.24, 2.45) is 0 Å². The molecule has 0 aliphatic carbocycles. The van der Waals surface area contributed by atoms with Crippen LogP contribution in [0.5, 0.6) is 5.75 Å². The molecule has 0 amide bonds. The fourth-order valence-electron chi connectivity index (χ4n) is 3.05. The molecule has 0 aromatic heterocycles. The van der Waals surface area contributed by atoms with Crippen LogP contribution in [0.25, 0.3) is 0 Å². The first-order valence-electron chi connectivity index (χ1n) is 8.99. The highest BCUT2D eigenvalue weighted by Gasteiger charge is 2.14. The Bertz CT molecular complexity index is 600. The normalized spacial score (nSPS) is 16.9. The van der Waals surface area contributed by atoms with Crippen molar-refractivity contribution in [3.05, 3.63) is 65.7 Å². The Kier molecular flexibility index (Phi) is 8.81. The van der Waals surface area contributed by atoms with Gasteiger partial charge in [-0.05, 0) is 42.9 Å². The van der Waals surface area contributed by atoms with E-state index in [0.29, 0.717) is 6.61 Å². The van der Waals surface area contributed by atoms with Crippen LogP contribution in [0.15, 0.2) is 54.6 Å². The van der Waals surface area contributed by atoms with Crippen LogP contribution in [0.3, 0.4) is 0 Å². The van der Waals surface area contributed by atoms with E-state index in [4.69, 9.17) is 9.47 Å². The van der Waals surface area contributed by atoms with Crippen LogP contribution in [-0.2, 0) is 17.6 Å². The van der Waals surface area contributed by atoms with Crippen LogP contribution in [0.4, 0.5) is 0 Å². The molecule has 1 aliphatic heterocycles. The molecule has 0 spiro atoms. The summed E-state index contributed by atoms with van der Waals surface area (Å²) in [5.41, 5.74) is 2.72. The number of benzene rings is 2. The van der Waals surface area contributed by atoms with Crippen molar-refractivity contribution in [3.63, 3.8) is 0 Å². The number of rotatable bonds is 8. The average Bonchev–Trinajstić information content (AvgIpc) is 2.66. The van der Waals surface area contributed by atoms with Gasteiger partial charge in [0.15, 0.2) is 0 Å². The van der Waals surface area contributed by atoms with Gasteiger partial charge in [0.25, 0.3) is 0 Å². The van der Waals surface area contributed by atoms with Gasteiger partial charge in [0.05, 0.1) is 6.61 Å². The topological polar surface area (TPSA) is 30.5 Å². The van der Waals surface area contributed by atoms with Crippen molar-refractivity contribution >= 4 is 12.4 Å². The Balaban J connectivity index is 0.00000225. The Labute approximate surface area is 157 Å². The summed E-state index contributed by atoms with van der Waals surface area (Å²) < 4.78 is 11.7. The van der Waals surface area contributed by atoms with E-state index in [0.717, 1.165) is 38.3 Å². The molecule has 1 fully saturated rings. The summed E-state index contributed by atoms with van der Waals surface area (Å²) in [5.74, 6) is 1.01. The van der Waals surface area contributed by atoms with Gasteiger partial charge in [-0.1, -0.05) is 48.5 Å². The molecular weight excluding hydrogens is 334 g/mol. The second-order valence-corrected chi connectivity index (χ2v) is 6.31. The lowest BCUT2D eigenvalue weighted by Crippen LogP contribution is -2.41. The fourth-order valence-corrected chi connectivity index (χ4v) is 3.05. The molecule has 1 N–H and O–H groups in total. The first-order chi connectivity index (χ1) is 11.9. The molecule has 3 rings (SSSR count). The number of ether oxygens (including phenoxy) is 2. The van der Waals surface area contributed by atoms with Gasteiger partial charge in [0.1, 0.15) is 18.5 Å². The van der Waals surface area contributed by atoms with Crippen LogP contribution in [0, 0.1) is 0 Å². The van der Waals surface area contributed by atoms with Gasteiger partial charge in [-0.2, -0.15) is 0 Å². The molecule has 1 heterocycles. The molecule has 1 saturated heterocycles. The van der Waals surface area contributed by atoms with E-state index in [1.165, 1.54) is 24.0 Å². The zero-order valence-electron chi connectivity index (χ0n) is 14.7. The van der Waals surface area contributed by atoms with E-state index in [1.54, 1.807) is 0 Å². The number of halogens is 1. The van der Waals surface area contributed by atoms with E-state index < -0.39 is 0 Å². The molecule has 0 saturated carbocycles. The van der Waals surface area contributed by atoms with E-state index in [2.05, 4.69) is 53.8 Å². The minimum absolute atomic E-state index is 0. The standard InChI is InChI=1S/C21H27NO2.ClH/c1-2-8-18(9-3-1)10-4-5-11-19-12-6-7-13-21(19)24-17-20-16-22-14-15-23-20;/h1-3,6-9,12-13,20,22H,4-5,10-11,14-17H2;1H. The van der Waals surface area contributed by atoms with Crippen molar-refractivity contribution in [2.75, 3.05) is 26.3 Å². The molecule has 1 aliphatic rings. The average molecular weight is 362 g/mol. The lowest BCUT2D eigenvalue weighted by Gasteiger charge is -2.24. The lowest BCUT2D eigenvalue weighted by atomic mass is 10.0. The maximum atomic E-state index is 6.03. The highest BCUT2D eigenvalue weighted by molar-refractivity contribution is 5.85. The highest BCUT2D eigenvalue weighted by atomic mass is 35.5. The van der Waals surface area contributed by atoms with Crippen molar-refractivity contribution in [3.8, 4) is 5.75 Å². The zero-order chi connectivity index (χ0) is 16.5. The molecule has 3 nitrogen and oxygen atoms in total. The first-order valence-corrected chi connectivity index (χ1v) is 8.99. The number of nitrogens with one attached hydrogen (secondary N) is 1. The molecule has 136 valence electrons. The minimum Gasteiger partial charge on any atom is -0.491 e. The molecule has 25 heavy (non-hydrogen) atoms. The quantitative estimate of drug-likeness (QED) is 0.720. The Morgan fingerprint density at radius 3 is 2.52 bits per heavy atom. The Hall–Kier alpha value is -1.55. The highest BCUT2D eigenvalue weighted by Crippen LogP contribution is 2.21. The van der Waals surface area contributed by atoms with Crippen LogP contribution < -0.4 is 10.1 Å². The summed E-state index contributed by atoms with van der Waals surface area (Å²) >= 11 is 0. The summed E-state index contributed by atoms with van der Waals surface area (Å²) in [5, 5.41) is 3.34. The monoisotopic (exact) mass is 361 g/mol. The number of morpholine rings is 1. The number of hydrogen-bond donors (Lipinski definition) is 1. The summed E-state index contributed by atoms with van der Waals surface area (Å²) in [6, 6.07) is 19.1. The van der Waals surface area contributed by atoms with Crippen LogP contribution in [0.1, 0.15) is 24.0 Å². The summed E-state index contributed by atoms with van der Waals surface area (Å²) in [4.78, 5) is 0. The maximum Gasteiger partial charge on any atom is 0.122 e. The summed E-state index contributed by atoms with van der Waals surface area (Å²) in [6.07, 6.45) is 4.74. The van der Waals surface area contributed by atoms with E-state index in [-0.39, 0.29) is 18.5 Å². The third-order valence-electron chi connectivity index (χ3n) is 4.41. The summed E-state index contributed by atoms with van der Waals surface area (Å²) in [7, 11) is 0. The second-order valence-electron chi connectivity index (χ2n) is 6.31. The van der Waals surface area contributed by atoms with Gasteiger partial charge in [-0.15, -0.1) is 12.4 Å². The van der Waals surface area contributed by atoms with Crippen molar-refractivity contribution < 1.29 is 9.47 Å². The Morgan fingerprint density at radius 1 is 0.960 bits per heavy atom. The van der Waals surface area contributed by atoms with Crippen LogP contribution in [-0.4, -0.2) is 32.4 Å². The molecule has 0 bridgehead atoms. The van der Waals surface area contributed by atoms with Crippen molar-refractivity contribution in [1.82, 2.24) is 5.32 Å². The van der Waals surface area contributed by atoms with Crippen molar-refractivity contribution in [2.45, 2.75) is 31.8 Å². The lowest BCUT2D eigenvalue weighted by molar-refractivity contribution is 0.00000855. The van der Waals surface area contributed by atoms with Crippen LogP contribution >= 0.6 is 12.4 Å². The minimum atomic E-state index is 0. The predicted octanol–water partition coefficient (Wildman–Crippen LogP) is 4.04. The van der Waals surface area contributed by atoms with Crippen molar-refractivity contribution in [1.29, 1.82) is 0 Å². The first kappa shape index (κ1) is 19.8. The molecule has 1 atom stereocenters. The predicted molar refractivity (Wildman–Crippen MR) is 105 cm³/mol. The SMILES string of the molecule is Cl.c1ccc(CCCCc2ccccc2OCC2CNCCO2)cc1. The molecular formula is C21H28ClNO2. The number of aryl methyl sites for hydroxylation is 2. The van der Waals surface area contributed by atoms with Crippen LogP contribution in [0.2, 0.25) is 0 Å². The molecule has 2 aromatic carbocycles.